The minimum Gasteiger partial charge on any atom is -0.372 e. The van der Waals surface area contributed by atoms with Crippen molar-refractivity contribution in [1.29, 1.82) is 0 Å². The third-order valence-corrected chi connectivity index (χ3v) is 7.96. The molecule has 2 aromatic carbocycles. The van der Waals surface area contributed by atoms with Crippen molar-refractivity contribution in [3.8, 4) is 0 Å². The van der Waals surface area contributed by atoms with Crippen LogP contribution in [-0.2, 0) is 26.0 Å². The summed E-state index contributed by atoms with van der Waals surface area (Å²) in [4.78, 5) is 28.7. The van der Waals surface area contributed by atoms with E-state index in [1.165, 1.54) is 18.6 Å². The lowest BCUT2D eigenvalue weighted by molar-refractivity contribution is -0.123. The van der Waals surface area contributed by atoms with Crippen molar-refractivity contribution < 1.29 is 18.0 Å². The molecule has 2 aromatic rings. The molecule has 2 N–H and O–H groups in total. The summed E-state index contributed by atoms with van der Waals surface area (Å²) in [7, 11) is -3.92. The van der Waals surface area contributed by atoms with E-state index in [-0.39, 0.29) is 22.6 Å². The molecule has 1 heterocycles. The normalized spacial score (nSPS) is 14.0. The van der Waals surface area contributed by atoms with E-state index in [0.29, 0.717) is 19.5 Å². The van der Waals surface area contributed by atoms with E-state index in [1.54, 1.807) is 17.0 Å². The van der Waals surface area contributed by atoms with E-state index < -0.39 is 16.1 Å². The van der Waals surface area contributed by atoms with Crippen LogP contribution in [0.2, 0.25) is 0 Å². The smallest absolute Gasteiger partial charge is 0.241 e. The number of anilines is 2. The number of fused-ring (bicyclic) bond motifs is 1. The summed E-state index contributed by atoms with van der Waals surface area (Å²) in [6, 6.07) is 12.2. The third kappa shape index (κ3) is 6.64. The lowest BCUT2D eigenvalue weighted by atomic mass is 10.1. The molecule has 9 heteroatoms. The van der Waals surface area contributed by atoms with Gasteiger partial charge in [-0.05, 0) is 74.1 Å². The molecule has 0 bridgehead atoms. The van der Waals surface area contributed by atoms with Crippen LogP contribution in [0.4, 0.5) is 11.4 Å². The first-order valence-corrected chi connectivity index (χ1v) is 14.0. The van der Waals surface area contributed by atoms with Crippen LogP contribution < -0.4 is 19.8 Å². The summed E-state index contributed by atoms with van der Waals surface area (Å²) >= 11 is 0. The molecule has 1 atom stereocenters. The molecule has 0 aliphatic carbocycles. The highest BCUT2D eigenvalue weighted by atomic mass is 32.2. The van der Waals surface area contributed by atoms with E-state index in [1.807, 2.05) is 19.9 Å². The topological polar surface area (TPSA) is 98.8 Å². The largest absolute Gasteiger partial charge is 0.372 e. The van der Waals surface area contributed by atoms with Gasteiger partial charge < -0.3 is 15.1 Å². The van der Waals surface area contributed by atoms with Crippen molar-refractivity contribution in [1.82, 2.24) is 10.0 Å². The van der Waals surface area contributed by atoms with Crippen LogP contribution in [0.3, 0.4) is 0 Å². The number of carbonyl (C=O) groups excluding carboxylic acids is 2. The van der Waals surface area contributed by atoms with Gasteiger partial charge >= 0.3 is 0 Å². The molecule has 0 unspecified atom stereocenters. The van der Waals surface area contributed by atoms with Crippen LogP contribution in [0.1, 0.15) is 45.2 Å². The van der Waals surface area contributed by atoms with Crippen LogP contribution in [0, 0.1) is 12.8 Å². The molecular weight excluding hydrogens is 476 g/mol. The van der Waals surface area contributed by atoms with Crippen molar-refractivity contribution in [2.75, 3.05) is 36.0 Å². The Hall–Kier alpha value is -2.91. The van der Waals surface area contributed by atoms with Crippen LogP contribution in [-0.4, -0.2) is 52.5 Å². The van der Waals surface area contributed by atoms with E-state index in [2.05, 4.69) is 47.0 Å². The van der Waals surface area contributed by atoms with Crippen molar-refractivity contribution in [3.63, 3.8) is 0 Å². The number of nitrogens with one attached hydrogen (secondary N) is 2. The SMILES string of the molecule is CCN(CCCNC(=O)[C@@H](NS(=O)(=O)c1ccc2c(c1)CCN2C(C)=O)C(C)C)c1cccc(C)c1. The van der Waals surface area contributed by atoms with E-state index in [9.17, 15) is 18.0 Å². The molecule has 0 saturated carbocycles. The molecule has 0 saturated heterocycles. The first kappa shape index (κ1) is 27.7. The molecule has 1 aliphatic rings. The number of carbonyl (C=O) groups is 2. The number of nitrogens with zero attached hydrogens (tertiary/aromatic N) is 2. The molecule has 0 aromatic heterocycles. The summed E-state index contributed by atoms with van der Waals surface area (Å²) in [6.45, 7) is 11.9. The minimum atomic E-state index is -3.92. The summed E-state index contributed by atoms with van der Waals surface area (Å²) < 4.78 is 28.9. The highest BCUT2D eigenvalue weighted by Gasteiger charge is 2.30. The van der Waals surface area contributed by atoms with Gasteiger partial charge in [-0.15, -0.1) is 0 Å². The Morgan fingerprint density at radius 1 is 1.14 bits per heavy atom. The molecule has 2 amide bonds. The van der Waals surface area contributed by atoms with Crippen molar-refractivity contribution in [2.45, 2.75) is 58.4 Å². The fourth-order valence-electron chi connectivity index (χ4n) is 4.49. The number of hydrogen-bond donors (Lipinski definition) is 2. The molecular formula is C27H38N4O4S. The Labute approximate surface area is 215 Å². The number of benzene rings is 2. The maximum Gasteiger partial charge on any atom is 0.241 e. The lowest BCUT2D eigenvalue weighted by Crippen LogP contribution is -2.50. The second-order valence-corrected chi connectivity index (χ2v) is 11.3. The number of amides is 2. The van der Waals surface area contributed by atoms with Gasteiger partial charge in [-0.3, -0.25) is 9.59 Å². The second kappa shape index (κ2) is 11.9. The maximum atomic E-state index is 13.1. The highest BCUT2D eigenvalue weighted by molar-refractivity contribution is 7.89. The van der Waals surface area contributed by atoms with E-state index in [4.69, 9.17) is 0 Å². The Morgan fingerprint density at radius 3 is 2.53 bits per heavy atom. The predicted octanol–water partition coefficient (Wildman–Crippen LogP) is 3.24. The van der Waals surface area contributed by atoms with Gasteiger partial charge in [-0.2, -0.15) is 4.72 Å². The van der Waals surface area contributed by atoms with Crippen molar-refractivity contribution in [2.24, 2.45) is 5.92 Å². The monoisotopic (exact) mass is 514 g/mol. The Kier molecular flexibility index (Phi) is 9.13. The zero-order chi connectivity index (χ0) is 26.5. The zero-order valence-electron chi connectivity index (χ0n) is 21.9. The molecule has 0 fully saturated rings. The first-order chi connectivity index (χ1) is 17.0. The standard InChI is InChI=1S/C27H38N4O4S/c1-6-30(23-10-7-9-20(4)17-23)15-8-14-28-27(33)26(19(2)3)29-36(34,35)24-11-12-25-22(18-24)13-16-31(25)21(5)32/h7,9-12,17-19,26,29H,6,8,13-16H2,1-5H3,(H,28,33)/t26-/m0/s1. The maximum absolute atomic E-state index is 13.1. The molecule has 196 valence electrons. The van der Waals surface area contributed by atoms with Crippen molar-refractivity contribution in [3.05, 3.63) is 53.6 Å². The Morgan fingerprint density at radius 2 is 1.89 bits per heavy atom. The van der Waals surface area contributed by atoms with E-state index in [0.717, 1.165) is 36.4 Å². The molecule has 8 nitrogen and oxygen atoms in total. The Bertz CT molecular complexity index is 1200. The van der Waals surface area contributed by atoms with Gasteiger partial charge in [0.25, 0.3) is 0 Å². The average Bonchev–Trinajstić information content (AvgIpc) is 3.26. The molecule has 36 heavy (non-hydrogen) atoms. The molecule has 0 radical (unpaired) electrons. The van der Waals surface area contributed by atoms with Crippen LogP contribution in [0.5, 0.6) is 0 Å². The fourth-order valence-corrected chi connectivity index (χ4v) is 5.88. The summed E-state index contributed by atoms with van der Waals surface area (Å²) in [5.41, 5.74) is 3.90. The van der Waals surface area contributed by atoms with Crippen molar-refractivity contribution >= 4 is 33.2 Å². The van der Waals surface area contributed by atoms with E-state index >= 15 is 0 Å². The predicted molar refractivity (Wildman–Crippen MR) is 144 cm³/mol. The summed E-state index contributed by atoms with van der Waals surface area (Å²) in [6.07, 6.45) is 1.34. The highest BCUT2D eigenvalue weighted by Crippen LogP contribution is 2.30. The second-order valence-electron chi connectivity index (χ2n) is 9.62. The average molecular weight is 515 g/mol. The fraction of sp³-hybridized carbons (Fsp3) is 0.481. The first-order valence-electron chi connectivity index (χ1n) is 12.6. The van der Waals surface area contributed by atoms with Crippen LogP contribution in [0.25, 0.3) is 0 Å². The molecule has 0 spiro atoms. The minimum absolute atomic E-state index is 0.0695. The zero-order valence-corrected chi connectivity index (χ0v) is 22.7. The number of rotatable bonds is 11. The molecule has 1 aliphatic heterocycles. The van der Waals surface area contributed by atoms with Gasteiger partial charge in [-0.25, -0.2) is 8.42 Å². The molecule has 3 rings (SSSR count). The lowest BCUT2D eigenvalue weighted by Gasteiger charge is -2.25. The quantitative estimate of drug-likeness (QED) is 0.449. The van der Waals surface area contributed by atoms with Gasteiger partial charge in [0, 0.05) is 44.5 Å². The summed E-state index contributed by atoms with van der Waals surface area (Å²) in [5.74, 6) is -0.641. The van der Waals surface area contributed by atoms with Crippen LogP contribution >= 0.6 is 0 Å². The number of sulfonamides is 1. The van der Waals surface area contributed by atoms with Gasteiger partial charge in [0.15, 0.2) is 0 Å². The van der Waals surface area contributed by atoms with Gasteiger partial charge in [-0.1, -0.05) is 26.0 Å². The van der Waals surface area contributed by atoms with Gasteiger partial charge in [0.1, 0.15) is 6.04 Å². The third-order valence-electron chi connectivity index (χ3n) is 6.52. The Balaban J connectivity index is 1.60. The van der Waals surface area contributed by atoms with Gasteiger partial charge in [0.05, 0.1) is 4.90 Å². The van der Waals surface area contributed by atoms with Gasteiger partial charge in [0.2, 0.25) is 21.8 Å². The number of hydrogen-bond acceptors (Lipinski definition) is 5. The summed E-state index contributed by atoms with van der Waals surface area (Å²) in [5, 5.41) is 2.90. The van der Waals surface area contributed by atoms with Crippen LogP contribution in [0.15, 0.2) is 47.4 Å². The number of aryl methyl sites for hydroxylation is 1.